The average molecular weight is 371 g/mol. The summed E-state index contributed by atoms with van der Waals surface area (Å²) in [5.41, 5.74) is 3.01. The van der Waals surface area contributed by atoms with Crippen LogP contribution in [0.4, 0.5) is 0 Å². The molecule has 1 aliphatic heterocycles. The van der Waals surface area contributed by atoms with Crippen LogP contribution in [-0.4, -0.2) is 53.9 Å². The Balaban J connectivity index is 1.24. The number of rotatable bonds is 4. The van der Waals surface area contributed by atoms with Crippen molar-refractivity contribution in [1.82, 2.24) is 34.9 Å². The van der Waals surface area contributed by atoms with Crippen LogP contribution < -0.4 is 0 Å². The van der Waals surface area contributed by atoms with Crippen LogP contribution in [0.2, 0.25) is 0 Å². The van der Waals surface area contributed by atoms with Crippen LogP contribution in [0.25, 0.3) is 16.9 Å². The number of amides is 1. The molecule has 8 nitrogen and oxygen atoms in total. The molecule has 0 radical (unpaired) electrons. The van der Waals surface area contributed by atoms with E-state index in [2.05, 4.69) is 20.5 Å². The molecule has 138 valence electrons. The van der Waals surface area contributed by atoms with Crippen molar-refractivity contribution in [2.45, 2.75) is 6.04 Å². The van der Waals surface area contributed by atoms with Gasteiger partial charge in [-0.3, -0.25) is 4.79 Å². The van der Waals surface area contributed by atoms with Gasteiger partial charge < -0.3 is 4.90 Å². The van der Waals surface area contributed by atoms with Gasteiger partial charge in [0.05, 0.1) is 24.1 Å². The van der Waals surface area contributed by atoms with Crippen molar-refractivity contribution < 1.29 is 4.79 Å². The fourth-order valence-corrected chi connectivity index (χ4v) is 3.19. The summed E-state index contributed by atoms with van der Waals surface area (Å²) in [6.07, 6.45) is 3.43. The maximum absolute atomic E-state index is 12.6. The number of aromatic nitrogens is 6. The van der Waals surface area contributed by atoms with Gasteiger partial charge in [-0.25, -0.2) is 4.68 Å². The van der Waals surface area contributed by atoms with Crippen LogP contribution in [0, 0.1) is 0 Å². The number of benzene rings is 2. The summed E-state index contributed by atoms with van der Waals surface area (Å²) in [7, 11) is 0. The quantitative estimate of drug-likeness (QED) is 0.549. The number of para-hydroxylation sites is 1. The lowest BCUT2D eigenvalue weighted by Crippen LogP contribution is -2.51. The van der Waals surface area contributed by atoms with Crippen LogP contribution in [-0.2, 0) is 0 Å². The fourth-order valence-electron chi connectivity index (χ4n) is 3.19. The zero-order valence-electron chi connectivity index (χ0n) is 15.0. The number of carbonyl (C=O) groups excluding carboxylic acids is 1. The van der Waals surface area contributed by atoms with Gasteiger partial charge in [-0.1, -0.05) is 53.7 Å². The molecule has 0 saturated carbocycles. The Kier molecular flexibility index (Phi) is 3.93. The number of carbonyl (C=O) groups is 1. The molecule has 0 aliphatic carbocycles. The molecule has 28 heavy (non-hydrogen) atoms. The van der Waals surface area contributed by atoms with Crippen LogP contribution >= 0.6 is 0 Å². The van der Waals surface area contributed by atoms with E-state index >= 15 is 0 Å². The Bertz CT molecular complexity index is 1100. The van der Waals surface area contributed by atoms with Gasteiger partial charge in [0.2, 0.25) is 0 Å². The fraction of sp³-hybridized carbons (Fsp3) is 0.150. The van der Waals surface area contributed by atoms with Gasteiger partial charge in [-0.15, -0.1) is 10.2 Å². The largest absolute Gasteiger partial charge is 0.333 e. The lowest BCUT2D eigenvalue weighted by molar-refractivity contribution is 0.0492. The van der Waals surface area contributed by atoms with E-state index in [1.54, 1.807) is 4.90 Å². The van der Waals surface area contributed by atoms with E-state index in [0.29, 0.717) is 18.8 Å². The minimum absolute atomic E-state index is 0.123. The third kappa shape index (κ3) is 2.94. The van der Waals surface area contributed by atoms with E-state index in [1.807, 2.05) is 71.5 Å². The Labute approximate surface area is 161 Å². The van der Waals surface area contributed by atoms with E-state index in [4.69, 9.17) is 0 Å². The van der Waals surface area contributed by atoms with E-state index in [9.17, 15) is 4.79 Å². The van der Waals surface area contributed by atoms with Crippen LogP contribution in [0.5, 0.6) is 0 Å². The molecule has 1 fully saturated rings. The van der Waals surface area contributed by atoms with Gasteiger partial charge in [-0.2, -0.15) is 9.90 Å². The van der Waals surface area contributed by atoms with Crippen molar-refractivity contribution in [3.8, 4) is 16.9 Å². The third-order valence-corrected chi connectivity index (χ3v) is 4.80. The Morgan fingerprint density at radius 2 is 1.68 bits per heavy atom. The van der Waals surface area contributed by atoms with Gasteiger partial charge in [-0.05, 0) is 12.1 Å². The Morgan fingerprint density at radius 3 is 2.43 bits per heavy atom. The second-order valence-corrected chi connectivity index (χ2v) is 6.67. The van der Waals surface area contributed by atoms with Crippen molar-refractivity contribution in [2.24, 2.45) is 0 Å². The normalized spacial score (nSPS) is 14.1. The summed E-state index contributed by atoms with van der Waals surface area (Å²) in [6, 6.07) is 19.6. The zero-order valence-corrected chi connectivity index (χ0v) is 15.0. The molecule has 4 aromatic rings. The molecule has 1 aliphatic rings. The molecule has 0 bridgehead atoms. The summed E-state index contributed by atoms with van der Waals surface area (Å²) in [4.78, 5) is 15.9. The Hall–Kier alpha value is -3.81. The monoisotopic (exact) mass is 371 g/mol. The van der Waals surface area contributed by atoms with Crippen molar-refractivity contribution in [3.63, 3.8) is 0 Å². The molecule has 0 unspecified atom stereocenters. The lowest BCUT2D eigenvalue weighted by atomic mass is 10.1. The second kappa shape index (κ2) is 6.73. The summed E-state index contributed by atoms with van der Waals surface area (Å²) in [6.45, 7) is 1.16. The molecular weight excluding hydrogens is 354 g/mol. The highest BCUT2D eigenvalue weighted by Crippen LogP contribution is 2.24. The SMILES string of the molecule is O=C(c1cnn(-c2ccccc2)n1)N1CC(n2cc(-c3ccccc3)nn2)C1. The number of nitrogens with zero attached hydrogens (tertiary/aromatic N) is 7. The minimum Gasteiger partial charge on any atom is -0.333 e. The first kappa shape index (κ1) is 16.4. The minimum atomic E-state index is -0.123. The topological polar surface area (TPSA) is 81.7 Å². The van der Waals surface area contributed by atoms with Crippen LogP contribution in [0.3, 0.4) is 0 Å². The number of hydrogen-bond acceptors (Lipinski definition) is 5. The number of likely N-dealkylation sites (tertiary alicyclic amines) is 1. The molecule has 2 aromatic carbocycles. The zero-order chi connectivity index (χ0) is 18.9. The van der Waals surface area contributed by atoms with Gasteiger partial charge in [0, 0.05) is 18.7 Å². The first-order valence-electron chi connectivity index (χ1n) is 9.02. The highest BCUT2D eigenvalue weighted by molar-refractivity contribution is 5.92. The van der Waals surface area contributed by atoms with Gasteiger partial charge in [0.25, 0.3) is 5.91 Å². The van der Waals surface area contributed by atoms with Gasteiger partial charge in [0.15, 0.2) is 5.69 Å². The highest BCUT2D eigenvalue weighted by Gasteiger charge is 2.34. The van der Waals surface area contributed by atoms with Crippen molar-refractivity contribution in [1.29, 1.82) is 0 Å². The molecule has 0 spiro atoms. The van der Waals surface area contributed by atoms with Crippen molar-refractivity contribution in [3.05, 3.63) is 78.8 Å². The first-order valence-corrected chi connectivity index (χ1v) is 9.02. The van der Waals surface area contributed by atoms with Crippen LogP contribution in [0.15, 0.2) is 73.1 Å². The molecule has 2 aromatic heterocycles. The molecule has 0 atom stereocenters. The smallest absolute Gasteiger partial charge is 0.276 e. The second-order valence-electron chi connectivity index (χ2n) is 6.67. The summed E-state index contributed by atoms with van der Waals surface area (Å²) in [5.74, 6) is -0.123. The number of hydrogen-bond donors (Lipinski definition) is 0. The maximum atomic E-state index is 12.6. The molecular formula is C20H17N7O. The summed E-state index contributed by atoms with van der Waals surface area (Å²) < 4.78 is 1.83. The van der Waals surface area contributed by atoms with Gasteiger partial charge >= 0.3 is 0 Å². The van der Waals surface area contributed by atoms with Gasteiger partial charge in [0.1, 0.15) is 5.69 Å². The maximum Gasteiger partial charge on any atom is 0.276 e. The predicted molar refractivity (Wildman–Crippen MR) is 102 cm³/mol. The van der Waals surface area contributed by atoms with E-state index in [1.165, 1.54) is 11.0 Å². The van der Waals surface area contributed by atoms with Crippen molar-refractivity contribution >= 4 is 5.91 Å². The van der Waals surface area contributed by atoms with Crippen molar-refractivity contribution in [2.75, 3.05) is 13.1 Å². The third-order valence-electron chi connectivity index (χ3n) is 4.80. The molecule has 5 rings (SSSR count). The molecule has 0 N–H and O–H groups in total. The van der Waals surface area contributed by atoms with E-state index in [0.717, 1.165) is 16.9 Å². The molecule has 1 amide bonds. The first-order chi connectivity index (χ1) is 13.8. The van der Waals surface area contributed by atoms with E-state index in [-0.39, 0.29) is 11.9 Å². The Morgan fingerprint density at radius 1 is 0.964 bits per heavy atom. The van der Waals surface area contributed by atoms with E-state index < -0.39 is 0 Å². The predicted octanol–water partition coefficient (Wildman–Crippen LogP) is 2.22. The molecule has 3 heterocycles. The highest BCUT2D eigenvalue weighted by atomic mass is 16.2. The van der Waals surface area contributed by atoms with Crippen LogP contribution in [0.1, 0.15) is 16.5 Å². The lowest BCUT2D eigenvalue weighted by Gasteiger charge is -2.38. The summed E-state index contributed by atoms with van der Waals surface area (Å²) in [5, 5.41) is 17.0. The molecule has 1 saturated heterocycles. The average Bonchev–Trinajstić information content (AvgIpc) is 3.38. The summed E-state index contributed by atoms with van der Waals surface area (Å²) >= 11 is 0. The molecule has 8 heteroatoms. The standard InChI is InChI=1S/C20H17N7O/c28-20(18-11-21-27(23-18)16-9-5-2-6-10-16)25-12-17(13-25)26-14-19(22-24-26)15-7-3-1-4-8-15/h1-11,14,17H,12-13H2.